The fraction of sp³-hybridized carbons (Fsp3) is 0.182. The molecule has 2 aromatic rings. The summed E-state index contributed by atoms with van der Waals surface area (Å²) < 4.78 is 1.85. The molecule has 0 aliphatic heterocycles. The minimum absolute atomic E-state index is 0.0158. The van der Waals surface area contributed by atoms with Crippen LogP contribution in [0, 0.1) is 0 Å². The molecule has 1 heterocycles. The molecule has 3 nitrogen and oxygen atoms in total. The summed E-state index contributed by atoms with van der Waals surface area (Å²) in [6.07, 6.45) is 1.79. The van der Waals surface area contributed by atoms with E-state index in [1.807, 2.05) is 23.7 Å². The topological polar surface area (TPSA) is 48.0 Å². The molecule has 0 fully saturated rings. The highest BCUT2D eigenvalue weighted by atomic mass is 35.5. The fourth-order valence-electron chi connectivity index (χ4n) is 1.76. The summed E-state index contributed by atoms with van der Waals surface area (Å²) >= 11 is 6.03. The second-order valence-corrected chi connectivity index (χ2v) is 3.82. The van der Waals surface area contributed by atoms with Gasteiger partial charge >= 0.3 is 0 Å². The summed E-state index contributed by atoms with van der Waals surface area (Å²) in [6, 6.07) is 5.48. The number of aryl methyl sites for hydroxylation is 1. The quantitative estimate of drug-likeness (QED) is 0.790. The summed E-state index contributed by atoms with van der Waals surface area (Å²) in [5.74, 6) is -0.0709. The first-order valence-electron chi connectivity index (χ1n) is 4.62. The summed E-state index contributed by atoms with van der Waals surface area (Å²) in [5, 5.41) is 1.54. The van der Waals surface area contributed by atoms with Gasteiger partial charge in [-0.3, -0.25) is 4.79 Å². The first-order chi connectivity index (χ1) is 7.15. The Morgan fingerprint density at radius 3 is 2.93 bits per heavy atom. The van der Waals surface area contributed by atoms with Crippen LogP contribution in [0.2, 0.25) is 5.02 Å². The second kappa shape index (κ2) is 3.68. The highest BCUT2D eigenvalue weighted by molar-refractivity contribution is 6.36. The van der Waals surface area contributed by atoms with E-state index >= 15 is 0 Å². The third-order valence-electron chi connectivity index (χ3n) is 2.44. The summed E-state index contributed by atoms with van der Waals surface area (Å²) in [6.45, 7) is 0.0158. The van der Waals surface area contributed by atoms with Crippen molar-refractivity contribution in [3.8, 4) is 0 Å². The lowest BCUT2D eigenvalue weighted by molar-refractivity contribution is 0.100. The normalized spacial score (nSPS) is 10.9. The molecule has 0 saturated carbocycles. The van der Waals surface area contributed by atoms with Gasteiger partial charge in [0.2, 0.25) is 0 Å². The number of hydrogen-bond acceptors (Lipinski definition) is 2. The van der Waals surface area contributed by atoms with Gasteiger partial charge in [0.05, 0.1) is 17.1 Å². The molecule has 1 aromatic carbocycles. The van der Waals surface area contributed by atoms with Gasteiger partial charge in [-0.25, -0.2) is 0 Å². The van der Waals surface area contributed by atoms with Gasteiger partial charge in [0.1, 0.15) is 0 Å². The van der Waals surface area contributed by atoms with Crippen LogP contribution in [-0.4, -0.2) is 16.9 Å². The van der Waals surface area contributed by atoms with E-state index in [0.717, 1.165) is 10.9 Å². The van der Waals surface area contributed by atoms with Crippen LogP contribution < -0.4 is 5.73 Å². The smallest absolute Gasteiger partial charge is 0.178 e. The van der Waals surface area contributed by atoms with Crippen molar-refractivity contribution >= 4 is 28.3 Å². The first kappa shape index (κ1) is 10.2. The predicted octanol–water partition coefficient (Wildman–Crippen LogP) is 1.97. The zero-order chi connectivity index (χ0) is 11.0. The number of halogens is 1. The van der Waals surface area contributed by atoms with Crippen molar-refractivity contribution in [1.29, 1.82) is 0 Å². The lowest BCUT2D eigenvalue weighted by atomic mass is 10.1. The molecule has 2 N–H and O–H groups in total. The maximum absolute atomic E-state index is 11.6. The van der Waals surface area contributed by atoms with Crippen molar-refractivity contribution in [2.24, 2.45) is 12.8 Å². The molecule has 0 atom stereocenters. The van der Waals surface area contributed by atoms with Gasteiger partial charge in [-0.05, 0) is 6.07 Å². The average Bonchev–Trinajstić information content (AvgIpc) is 2.54. The van der Waals surface area contributed by atoms with Crippen LogP contribution >= 0.6 is 11.6 Å². The van der Waals surface area contributed by atoms with Gasteiger partial charge < -0.3 is 10.3 Å². The Hall–Kier alpha value is -1.32. The summed E-state index contributed by atoms with van der Waals surface area (Å²) in [7, 11) is 1.86. The second-order valence-electron chi connectivity index (χ2n) is 3.42. The minimum atomic E-state index is -0.0709. The maximum Gasteiger partial charge on any atom is 0.178 e. The van der Waals surface area contributed by atoms with Crippen molar-refractivity contribution in [1.82, 2.24) is 4.57 Å². The molecule has 0 bridgehead atoms. The van der Waals surface area contributed by atoms with Crippen LogP contribution in [0.25, 0.3) is 10.9 Å². The Morgan fingerprint density at radius 1 is 1.53 bits per heavy atom. The van der Waals surface area contributed by atoms with Gasteiger partial charge in [0.15, 0.2) is 5.78 Å². The number of fused-ring (bicyclic) bond motifs is 1. The minimum Gasteiger partial charge on any atom is -0.348 e. The number of benzene rings is 1. The standard InChI is InChI=1S/C11H11ClN2O/c1-14-6-9(12)7-3-2-4-8(11(7)14)10(15)5-13/h2-4,6H,5,13H2,1H3. The van der Waals surface area contributed by atoms with E-state index in [9.17, 15) is 4.79 Å². The maximum atomic E-state index is 11.6. The zero-order valence-electron chi connectivity index (χ0n) is 8.33. The molecule has 0 spiro atoms. The molecular weight excluding hydrogens is 212 g/mol. The van der Waals surface area contributed by atoms with Crippen LogP contribution in [0.4, 0.5) is 0 Å². The molecule has 0 aliphatic rings. The van der Waals surface area contributed by atoms with Gasteiger partial charge in [-0.15, -0.1) is 0 Å². The van der Waals surface area contributed by atoms with Crippen LogP contribution in [0.15, 0.2) is 24.4 Å². The molecule has 4 heteroatoms. The van der Waals surface area contributed by atoms with E-state index < -0.39 is 0 Å². The van der Waals surface area contributed by atoms with Crippen molar-refractivity contribution in [3.05, 3.63) is 35.0 Å². The van der Waals surface area contributed by atoms with Crippen molar-refractivity contribution in [2.45, 2.75) is 0 Å². The molecule has 0 radical (unpaired) electrons. The number of ketones is 1. The van der Waals surface area contributed by atoms with Crippen molar-refractivity contribution in [3.63, 3.8) is 0 Å². The Labute approximate surface area is 92.4 Å². The highest BCUT2D eigenvalue weighted by Crippen LogP contribution is 2.27. The fourth-order valence-corrected chi connectivity index (χ4v) is 2.05. The number of rotatable bonds is 2. The Balaban J connectivity index is 2.80. The summed E-state index contributed by atoms with van der Waals surface area (Å²) in [5.41, 5.74) is 6.83. The van der Waals surface area contributed by atoms with Crippen LogP contribution in [0.5, 0.6) is 0 Å². The lowest BCUT2D eigenvalue weighted by Gasteiger charge is -2.03. The number of carbonyl (C=O) groups excluding carboxylic acids is 1. The number of Topliss-reactive ketones (excluding diaryl/α,β-unsaturated/α-hetero) is 1. The number of nitrogens with two attached hydrogens (primary N) is 1. The van der Waals surface area contributed by atoms with Gasteiger partial charge in [0, 0.05) is 24.2 Å². The lowest BCUT2D eigenvalue weighted by Crippen LogP contribution is -2.14. The molecule has 15 heavy (non-hydrogen) atoms. The van der Waals surface area contributed by atoms with E-state index in [1.54, 1.807) is 12.3 Å². The van der Waals surface area contributed by atoms with Crippen molar-refractivity contribution in [2.75, 3.05) is 6.54 Å². The molecule has 1 aromatic heterocycles. The number of para-hydroxylation sites is 1. The molecule has 0 saturated heterocycles. The van der Waals surface area contributed by atoms with Crippen molar-refractivity contribution < 1.29 is 4.79 Å². The Kier molecular flexibility index (Phi) is 2.50. The van der Waals surface area contributed by atoms with E-state index in [0.29, 0.717) is 10.6 Å². The number of aromatic nitrogens is 1. The van der Waals surface area contributed by atoms with Crippen LogP contribution in [-0.2, 0) is 7.05 Å². The average molecular weight is 223 g/mol. The third kappa shape index (κ3) is 1.54. The van der Waals surface area contributed by atoms with E-state index in [-0.39, 0.29) is 12.3 Å². The SMILES string of the molecule is Cn1cc(Cl)c2cccc(C(=O)CN)c21. The van der Waals surface area contributed by atoms with E-state index in [4.69, 9.17) is 17.3 Å². The third-order valence-corrected chi connectivity index (χ3v) is 2.74. The molecule has 0 unspecified atom stereocenters. The Morgan fingerprint density at radius 2 is 2.27 bits per heavy atom. The number of carbonyl (C=O) groups is 1. The molecule has 0 amide bonds. The number of hydrogen-bond donors (Lipinski definition) is 1. The van der Waals surface area contributed by atoms with E-state index in [2.05, 4.69) is 0 Å². The molecule has 0 aliphatic carbocycles. The van der Waals surface area contributed by atoms with Crippen LogP contribution in [0.1, 0.15) is 10.4 Å². The first-order valence-corrected chi connectivity index (χ1v) is 4.99. The monoisotopic (exact) mass is 222 g/mol. The zero-order valence-corrected chi connectivity index (χ0v) is 9.08. The van der Waals surface area contributed by atoms with Crippen LogP contribution in [0.3, 0.4) is 0 Å². The van der Waals surface area contributed by atoms with Gasteiger partial charge in [-0.1, -0.05) is 23.7 Å². The largest absolute Gasteiger partial charge is 0.348 e. The van der Waals surface area contributed by atoms with E-state index in [1.165, 1.54) is 0 Å². The highest BCUT2D eigenvalue weighted by Gasteiger charge is 2.13. The molecule has 78 valence electrons. The summed E-state index contributed by atoms with van der Waals surface area (Å²) in [4.78, 5) is 11.6. The number of nitrogens with zero attached hydrogens (tertiary/aromatic N) is 1. The molecular formula is C11H11ClN2O. The predicted molar refractivity (Wildman–Crippen MR) is 61.3 cm³/mol. The Bertz CT molecular complexity index is 531. The van der Waals surface area contributed by atoms with Gasteiger partial charge in [-0.2, -0.15) is 0 Å². The van der Waals surface area contributed by atoms with Gasteiger partial charge in [0.25, 0.3) is 0 Å². The molecule has 2 rings (SSSR count).